The number of carbonyl (C=O) groups excluding carboxylic acids is 2. The van der Waals surface area contributed by atoms with Crippen molar-refractivity contribution in [3.63, 3.8) is 0 Å². The molecule has 98 valence electrons. The molecular formula is C13H22O4. The van der Waals surface area contributed by atoms with Crippen molar-refractivity contribution in [2.45, 2.75) is 59.2 Å². The fraction of sp³-hybridized carbons (Fsp3) is 0.692. The first kappa shape index (κ1) is 15.7. The van der Waals surface area contributed by atoms with Gasteiger partial charge < -0.3 is 9.47 Å². The molecule has 0 bridgehead atoms. The van der Waals surface area contributed by atoms with Gasteiger partial charge in [-0.25, -0.2) is 9.59 Å². The Balaban J connectivity index is 4.51. The lowest BCUT2D eigenvalue weighted by Gasteiger charge is -2.25. The molecule has 0 rings (SSSR count). The van der Waals surface area contributed by atoms with Gasteiger partial charge in [-0.3, -0.25) is 0 Å². The van der Waals surface area contributed by atoms with E-state index in [2.05, 4.69) is 6.58 Å². The van der Waals surface area contributed by atoms with Crippen molar-refractivity contribution in [2.24, 2.45) is 0 Å². The van der Waals surface area contributed by atoms with Crippen LogP contribution in [0.15, 0.2) is 12.2 Å². The SMILES string of the molecule is C=C(CC)C(=O)OC(C)(C)C(=O)OC(C)CC. The van der Waals surface area contributed by atoms with E-state index in [1.807, 2.05) is 6.92 Å². The normalized spacial score (nSPS) is 12.8. The van der Waals surface area contributed by atoms with E-state index in [0.717, 1.165) is 6.42 Å². The summed E-state index contributed by atoms with van der Waals surface area (Å²) in [5, 5.41) is 0. The number of hydrogen-bond acceptors (Lipinski definition) is 4. The van der Waals surface area contributed by atoms with Crippen LogP contribution in [-0.2, 0) is 19.1 Å². The van der Waals surface area contributed by atoms with Gasteiger partial charge in [0.2, 0.25) is 5.60 Å². The van der Waals surface area contributed by atoms with E-state index in [9.17, 15) is 9.59 Å². The van der Waals surface area contributed by atoms with Crippen LogP contribution in [0.1, 0.15) is 47.5 Å². The third-order valence-corrected chi connectivity index (χ3v) is 2.44. The van der Waals surface area contributed by atoms with Crippen molar-refractivity contribution >= 4 is 11.9 Å². The van der Waals surface area contributed by atoms with Crippen LogP contribution in [0.2, 0.25) is 0 Å². The first-order valence-corrected chi connectivity index (χ1v) is 5.86. The minimum absolute atomic E-state index is 0.185. The molecule has 1 unspecified atom stereocenters. The maximum atomic E-state index is 11.8. The second kappa shape index (κ2) is 6.42. The Hall–Kier alpha value is -1.32. The van der Waals surface area contributed by atoms with Crippen LogP contribution in [0, 0.1) is 0 Å². The predicted octanol–water partition coefficient (Wildman–Crippen LogP) is 2.62. The monoisotopic (exact) mass is 242 g/mol. The van der Waals surface area contributed by atoms with E-state index in [1.165, 1.54) is 13.8 Å². The van der Waals surface area contributed by atoms with Crippen molar-refractivity contribution in [1.82, 2.24) is 0 Å². The second-order valence-electron chi connectivity index (χ2n) is 4.48. The lowest BCUT2D eigenvalue weighted by atomic mass is 10.1. The van der Waals surface area contributed by atoms with Crippen LogP contribution in [0.25, 0.3) is 0 Å². The zero-order chi connectivity index (χ0) is 13.6. The van der Waals surface area contributed by atoms with Crippen molar-refractivity contribution in [3.8, 4) is 0 Å². The van der Waals surface area contributed by atoms with Crippen molar-refractivity contribution < 1.29 is 19.1 Å². The maximum Gasteiger partial charge on any atom is 0.350 e. The standard InChI is InChI=1S/C13H22O4/c1-7-9(3)11(14)17-13(5,6)12(15)16-10(4)8-2/h10H,3,7-8H2,1-2,4-6H3. The summed E-state index contributed by atoms with van der Waals surface area (Å²) in [5.74, 6) is -1.09. The molecule has 0 aromatic heterocycles. The molecule has 0 aliphatic heterocycles. The fourth-order valence-electron chi connectivity index (χ4n) is 0.898. The molecule has 4 heteroatoms. The van der Waals surface area contributed by atoms with E-state index in [1.54, 1.807) is 13.8 Å². The Bertz CT molecular complexity index is 305. The summed E-state index contributed by atoms with van der Waals surface area (Å²) < 4.78 is 10.2. The first-order valence-electron chi connectivity index (χ1n) is 5.86. The zero-order valence-corrected chi connectivity index (χ0v) is 11.3. The van der Waals surface area contributed by atoms with E-state index >= 15 is 0 Å². The van der Waals surface area contributed by atoms with Gasteiger partial charge in [-0.1, -0.05) is 20.4 Å². The van der Waals surface area contributed by atoms with Crippen LogP contribution >= 0.6 is 0 Å². The molecule has 1 atom stereocenters. The van der Waals surface area contributed by atoms with E-state index in [4.69, 9.17) is 9.47 Å². The average Bonchev–Trinajstić information content (AvgIpc) is 2.26. The maximum absolute atomic E-state index is 11.8. The van der Waals surface area contributed by atoms with E-state index in [-0.39, 0.29) is 6.10 Å². The highest BCUT2D eigenvalue weighted by Crippen LogP contribution is 2.16. The third kappa shape index (κ3) is 5.02. The Labute approximate surface area is 103 Å². The summed E-state index contributed by atoms with van der Waals surface area (Å²) in [6, 6.07) is 0. The summed E-state index contributed by atoms with van der Waals surface area (Å²) >= 11 is 0. The zero-order valence-electron chi connectivity index (χ0n) is 11.3. The first-order chi connectivity index (χ1) is 7.74. The highest BCUT2D eigenvalue weighted by Gasteiger charge is 2.35. The Morgan fingerprint density at radius 2 is 1.82 bits per heavy atom. The van der Waals surface area contributed by atoms with Crippen LogP contribution < -0.4 is 0 Å². The second-order valence-corrected chi connectivity index (χ2v) is 4.48. The van der Waals surface area contributed by atoms with Crippen LogP contribution in [0.4, 0.5) is 0 Å². The van der Waals surface area contributed by atoms with Crippen LogP contribution in [0.3, 0.4) is 0 Å². The van der Waals surface area contributed by atoms with Gasteiger partial charge in [-0.2, -0.15) is 0 Å². The molecule has 0 amide bonds. The molecular weight excluding hydrogens is 220 g/mol. The third-order valence-electron chi connectivity index (χ3n) is 2.44. The molecule has 0 aliphatic carbocycles. The van der Waals surface area contributed by atoms with Gasteiger partial charge in [-0.05, 0) is 33.6 Å². The summed E-state index contributed by atoms with van der Waals surface area (Å²) in [6.45, 7) is 12.1. The highest BCUT2D eigenvalue weighted by molar-refractivity contribution is 5.91. The summed E-state index contributed by atoms with van der Waals surface area (Å²) in [4.78, 5) is 23.3. The minimum Gasteiger partial charge on any atom is -0.460 e. The van der Waals surface area contributed by atoms with Gasteiger partial charge in [0, 0.05) is 5.57 Å². The Morgan fingerprint density at radius 3 is 2.24 bits per heavy atom. The molecule has 0 aliphatic rings. The number of esters is 2. The smallest absolute Gasteiger partial charge is 0.350 e. The molecule has 0 spiro atoms. The van der Waals surface area contributed by atoms with Gasteiger partial charge >= 0.3 is 11.9 Å². The molecule has 17 heavy (non-hydrogen) atoms. The van der Waals surface area contributed by atoms with Crippen LogP contribution in [0.5, 0.6) is 0 Å². The quantitative estimate of drug-likeness (QED) is 0.530. The van der Waals surface area contributed by atoms with E-state index in [0.29, 0.717) is 12.0 Å². The topological polar surface area (TPSA) is 52.6 Å². The molecule has 0 saturated carbocycles. The van der Waals surface area contributed by atoms with Crippen molar-refractivity contribution in [1.29, 1.82) is 0 Å². The van der Waals surface area contributed by atoms with Crippen LogP contribution in [-0.4, -0.2) is 23.6 Å². The lowest BCUT2D eigenvalue weighted by Crippen LogP contribution is -2.40. The molecule has 0 N–H and O–H groups in total. The number of hydrogen-bond donors (Lipinski definition) is 0. The van der Waals surface area contributed by atoms with Gasteiger partial charge in [0.1, 0.15) is 0 Å². The number of rotatable bonds is 6. The van der Waals surface area contributed by atoms with Gasteiger partial charge in [0.25, 0.3) is 0 Å². The molecule has 0 aromatic rings. The van der Waals surface area contributed by atoms with Crippen molar-refractivity contribution in [3.05, 3.63) is 12.2 Å². The van der Waals surface area contributed by atoms with Gasteiger partial charge in [0.15, 0.2) is 0 Å². The molecule has 4 nitrogen and oxygen atoms in total. The van der Waals surface area contributed by atoms with Crippen molar-refractivity contribution in [2.75, 3.05) is 0 Å². The van der Waals surface area contributed by atoms with E-state index < -0.39 is 17.5 Å². The predicted molar refractivity (Wildman–Crippen MR) is 65.4 cm³/mol. The molecule has 0 fully saturated rings. The number of ether oxygens (including phenoxy) is 2. The highest BCUT2D eigenvalue weighted by atomic mass is 16.6. The van der Waals surface area contributed by atoms with Gasteiger partial charge in [0.05, 0.1) is 6.10 Å². The summed E-state index contributed by atoms with van der Waals surface area (Å²) in [6.07, 6.45) is 1.03. The average molecular weight is 242 g/mol. The number of carbonyl (C=O) groups is 2. The molecule has 0 saturated heterocycles. The summed E-state index contributed by atoms with van der Waals surface area (Å²) in [7, 11) is 0. The molecule has 0 heterocycles. The van der Waals surface area contributed by atoms with Gasteiger partial charge in [-0.15, -0.1) is 0 Å². The summed E-state index contributed by atoms with van der Waals surface area (Å²) in [5.41, 5.74) is -0.937. The molecule has 0 aromatic carbocycles. The fourth-order valence-corrected chi connectivity index (χ4v) is 0.898. The lowest BCUT2D eigenvalue weighted by molar-refractivity contribution is -0.179. The molecule has 0 radical (unpaired) electrons. The minimum atomic E-state index is -1.28. The largest absolute Gasteiger partial charge is 0.460 e. The Morgan fingerprint density at radius 1 is 1.29 bits per heavy atom. The Kier molecular flexibility index (Phi) is 5.93.